The van der Waals surface area contributed by atoms with Gasteiger partial charge in [-0.2, -0.15) is 0 Å². The van der Waals surface area contributed by atoms with E-state index in [1.807, 2.05) is 60.9 Å². The lowest BCUT2D eigenvalue weighted by atomic mass is 9.81. The van der Waals surface area contributed by atoms with Crippen LogP contribution in [-0.2, 0) is 0 Å². The molecule has 5 nitrogen and oxygen atoms in total. The third-order valence-electron chi connectivity index (χ3n) is 9.03. The molecule has 0 N–H and O–H groups in total. The van der Waals surface area contributed by atoms with E-state index in [-0.39, 0.29) is 11.8 Å². The Balaban J connectivity index is 1.31. The van der Waals surface area contributed by atoms with Gasteiger partial charge in [0.25, 0.3) is 0 Å². The lowest BCUT2D eigenvalue weighted by Gasteiger charge is -2.25. The predicted molar refractivity (Wildman–Crippen MR) is 198 cm³/mol. The molecule has 1 aliphatic rings. The minimum absolute atomic E-state index is 0.0957. The van der Waals surface area contributed by atoms with Crippen molar-refractivity contribution in [3.63, 3.8) is 0 Å². The fourth-order valence-corrected chi connectivity index (χ4v) is 6.46. The molecule has 49 heavy (non-hydrogen) atoms. The van der Waals surface area contributed by atoms with Crippen LogP contribution < -0.4 is 0 Å². The van der Waals surface area contributed by atoms with Crippen molar-refractivity contribution in [2.75, 3.05) is 0 Å². The second-order valence-electron chi connectivity index (χ2n) is 12.2. The summed E-state index contributed by atoms with van der Waals surface area (Å²) in [5.74, 6) is 2.09. The fourth-order valence-electron chi connectivity index (χ4n) is 6.46. The van der Waals surface area contributed by atoms with Crippen molar-refractivity contribution in [3.8, 4) is 56.3 Å². The van der Waals surface area contributed by atoms with Gasteiger partial charge < -0.3 is 0 Å². The molecule has 1 aliphatic carbocycles. The molecular formula is C44H33N5. The smallest absolute Gasteiger partial charge is 0.164 e. The predicted octanol–water partition coefficient (Wildman–Crippen LogP) is 10.4. The first-order valence-electron chi connectivity index (χ1n) is 16.5. The van der Waals surface area contributed by atoms with Gasteiger partial charge >= 0.3 is 0 Å². The van der Waals surface area contributed by atoms with Crippen LogP contribution in [0.25, 0.3) is 61.9 Å². The van der Waals surface area contributed by atoms with E-state index in [2.05, 4.69) is 126 Å². The molecular weight excluding hydrogens is 599 g/mol. The number of hydrogen-bond donors (Lipinski definition) is 0. The lowest BCUT2D eigenvalue weighted by molar-refractivity contribution is 0.632. The topological polar surface area (TPSA) is 64.5 Å². The lowest BCUT2D eigenvalue weighted by Crippen LogP contribution is -2.16. The number of rotatable bonds is 7. The van der Waals surface area contributed by atoms with Crippen molar-refractivity contribution in [2.24, 2.45) is 5.92 Å². The van der Waals surface area contributed by atoms with Crippen LogP contribution in [0.15, 0.2) is 170 Å². The van der Waals surface area contributed by atoms with Crippen molar-refractivity contribution in [3.05, 3.63) is 182 Å². The molecule has 5 heteroatoms. The molecule has 0 spiro atoms. The minimum Gasteiger partial charge on any atom is -0.261 e. The molecule has 234 valence electrons. The third kappa shape index (κ3) is 6.34. The largest absolute Gasteiger partial charge is 0.261 e. The van der Waals surface area contributed by atoms with Gasteiger partial charge in [-0.25, -0.2) is 15.0 Å². The maximum absolute atomic E-state index is 5.22. The Hall–Kier alpha value is -6.33. The molecule has 0 fully saturated rings. The Labute approximate surface area is 286 Å². The third-order valence-corrected chi connectivity index (χ3v) is 9.03. The van der Waals surface area contributed by atoms with E-state index in [4.69, 9.17) is 15.0 Å². The first-order chi connectivity index (χ1) is 24.2. The summed E-state index contributed by atoms with van der Waals surface area (Å²) in [6, 6.07) is 47.8. The molecule has 4 aromatic carbocycles. The molecule has 0 amide bonds. The fraction of sp³-hybridized carbons (Fsp3) is 0.0682. The van der Waals surface area contributed by atoms with Crippen molar-refractivity contribution in [1.82, 2.24) is 24.9 Å². The summed E-state index contributed by atoms with van der Waals surface area (Å²) >= 11 is 0. The average Bonchev–Trinajstić information content (AvgIpc) is 3.19. The van der Waals surface area contributed by atoms with Crippen LogP contribution in [0.2, 0.25) is 0 Å². The molecule has 2 unspecified atom stereocenters. The van der Waals surface area contributed by atoms with Crippen molar-refractivity contribution < 1.29 is 0 Å². The zero-order valence-corrected chi connectivity index (χ0v) is 27.1. The van der Waals surface area contributed by atoms with Gasteiger partial charge in [0, 0.05) is 46.3 Å². The summed E-state index contributed by atoms with van der Waals surface area (Å²) in [6.45, 7) is 2.23. The van der Waals surface area contributed by atoms with Crippen LogP contribution in [0.4, 0.5) is 0 Å². The highest BCUT2D eigenvalue weighted by Gasteiger charge is 2.27. The molecule has 3 heterocycles. The van der Waals surface area contributed by atoms with Gasteiger partial charge in [0.05, 0.1) is 5.69 Å². The van der Waals surface area contributed by atoms with E-state index in [0.717, 1.165) is 55.9 Å². The van der Waals surface area contributed by atoms with Crippen LogP contribution in [0.3, 0.4) is 0 Å². The zero-order chi connectivity index (χ0) is 33.0. The molecule has 0 radical (unpaired) electrons. The Morgan fingerprint density at radius 3 is 1.65 bits per heavy atom. The standard InChI is InChI=1S/C44H33N5/c1-30-38(41-23-9-11-25-46-41)20-13-21-39(30)44-48-42(34-19-12-18-33(26-34)40-22-8-10-24-45-40)47-43(49-44)37-28-35(31-14-4-2-5-15-31)27-36(29-37)32-16-6-3-7-17-32/h2-30,38H,1H3. The summed E-state index contributed by atoms with van der Waals surface area (Å²) in [7, 11) is 0. The van der Waals surface area contributed by atoms with Crippen molar-refractivity contribution in [1.29, 1.82) is 0 Å². The van der Waals surface area contributed by atoms with E-state index in [9.17, 15) is 0 Å². The van der Waals surface area contributed by atoms with Gasteiger partial charge in [-0.1, -0.05) is 116 Å². The molecule has 7 aromatic rings. The summed E-state index contributed by atoms with van der Waals surface area (Å²) in [6.07, 6.45) is 10.1. The second-order valence-corrected chi connectivity index (χ2v) is 12.2. The molecule has 0 bridgehead atoms. The van der Waals surface area contributed by atoms with Gasteiger partial charge in [0.1, 0.15) is 0 Å². The Morgan fingerprint density at radius 2 is 1.00 bits per heavy atom. The summed E-state index contributed by atoms with van der Waals surface area (Å²) < 4.78 is 0. The number of benzene rings is 4. The highest BCUT2D eigenvalue weighted by molar-refractivity contribution is 5.81. The summed E-state index contributed by atoms with van der Waals surface area (Å²) in [4.78, 5) is 24.8. The van der Waals surface area contributed by atoms with Crippen LogP contribution >= 0.6 is 0 Å². The SMILES string of the molecule is CC1C(c2nc(-c3cc(-c4ccccc4)cc(-c4ccccc4)c3)nc(-c3cccc(-c4ccccn4)c3)n2)=CC=CC1c1ccccn1. The van der Waals surface area contributed by atoms with E-state index >= 15 is 0 Å². The minimum atomic E-state index is 0.0957. The molecule has 8 rings (SSSR count). The van der Waals surface area contributed by atoms with Crippen LogP contribution in [0.5, 0.6) is 0 Å². The number of hydrogen-bond acceptors (Lipinski definition) is 5. The molecule has 0 saturated heterocycles. The zero-order valence-electron chi connectivity index (χ0n) is 27.1. The quantitative estimate of drug-likeness (QED) is 0.175. The van der Waals surface area contributed by atoms with Gasteiger partial charge in [0.15, 0.2) is 17.5 Å². The molecule has 0 aliphatic heterocycles. The number of nitrogens with zero attached hydrogens (tertiary/aromatic N) is 5. The van der Waals surface area contributed by atoms with Crippen LogP contribution in [0, 0.1) is 5.92 Å². The van der Waals surface area contributed by atoms with E-state index in [1.54, 1.807) is 0 Å². The molecule has 3 aromatic heterocycles. The van der Waals surface area contributed by atoms with E-state index in [1.165, 1.54) is 0 Å². The summed E-state index contributed by atoms with van der Waals surface area (Å²) in [5, 5.41) is 0. The molecule has 2 atom stereocenters. The second kappa shape index (κ2) is 13.4. The first-order valence-corrected chi connectivity index (χ1v) is 16.5. The highest BCUT2D eigenvalue weighted by Crippen LogP contribution is 2.39. The Morgan fingerprint density at radius 1 is 0.449 bits per heavy atom. The van der Waals surface area contributed by atoms with E-state index in [0.29, 0.717) is 17.5 Å². The maximum atomic E-state index is 5.22. The van der Waals surface area contributed by atoms with E-state index < -0.39 is 0 Å². The average molecular weight is 632 g/mol. The van der Waals surface area contributed by atoms with Gasteiger partial charge in [-0.05, 0) is 76.7 Å². The van der Waals surface area contributed by atoms with Crippen molar-refractivity contribution in [2.45, 2.75) is 12.8 Å². The summed E-state index contributed by atoms with van der Waals surface area (Å²) in [5.41, 5.74) is 10.3. The van der Waals surface area contributed by atoms with Gasteiger partial charge in [-0.15, -0.1) is 0 Å². The number of allylic oxidation sites excluding steroid dienone is 4. The van der Waals surface area contributed by atoms with Crippen LogP contribution in [-0.4, -0.2) is 24.9 Å². The Kier molecular flexibility index (Phi) is 8.22. The first kappa shape index (κ1) is 30.0. The maximum Gasteiger partial charge on any atom is 0.164 e. The van der Waals surface area contributed by atoms with Gasteiger partial charge in [-0.3, -0.25) is 9.97 Å². The Bertz CT molecular complexity index is 2220. The number of pyridine rings is 2. The van der Waals surface area contributed by atoms with Crippen molar-refractivity contribution >= 4 is 5.57 Å². The number of aromatic nitrogens is 5. The molecule has 0 saturated carbocycles. The van der Waals surface area contributed by atoms with Crippen LogP contribution in [0.1, 0.15) is 24.4 Å². The monoisotopic (exact) mass is 631 g/mol. The van der Waals surface area contributed by atoms with Gasteiger partial charge in [0.2, 0.25) is 0 Å². The highest BCUT2D eigenvalue weighted by atomic mass is 15.0. The normalized spacial score (nSPS) is 15.5.